The first-order chi connectivity index (χ1) is 13.5. The van der Waals surface area contributed by atoms with Crippen LogP contribution in [0, 0.1) is 6.92 Å². The Kier molecular flexibility index (Phi) is 6.47. The summed E-state index contributed by atoms with van der Waals surface area (Å²) in [7, 11) is 0. The van der Waals surface area contributed by atoms with E-state index in [-0.39, 0.29) is 18.0 Å². The zero-order valence-electron chi connectivity index (χ0n) is 16.3. The molecular weight excluding hydrogens is 356 g/mol. The third-order valence-electron chi connectivity index (χ3n) is 4.67. The van der Waals surface area contributed by atoms with Gasteiger partial charge in [0.25, 0.3) is 5.91 Å². The van der Waals surface area contributed by atoms with Gasteiger partial charge in [-0.25, -0.2) is 9.78 Å². The highest BCUT2D eigenvalue weighted by Gasteiger charge is 2.23. The lowest BCUT2D eigenvalue weighted by Gasteiger charge is -2.31. The number of rotatable bonds is 5. The number of carbonyl (C=O) groups excluding carboxylic acids is 2. The van der Waals surface area contributed by atoms with Crippen molar-refractivity contribution >= 4 is 23.5 Å². The van der Waals surface area contributed by atoms with E-state index >= 15 is 0 Å². The molecule has 0 bridgehead atoms. The van der Waals surface area contributed by atoms with Gasteiger partial charge in [-0.2, -0.15) is 0 Å². The Morgan fingerprint density at radius 2 is 2.00 bits per heavy atom. The number of hydrogen-bond acceptors (Lipinski definition) is 5. The number of piperidine rings is 1. The smallest absolute Gasteiger partial charge is 0.409 e. The van der Waals surface area contributed by atoms with Crippen LogP contribution in [0.5, 0.6) is 0 Å². The van der Waals surface area contributed by atoms with Crippen molar-refractivity contribution in [2.75, 3.05) is 30.3 Å². The molecule has 7 nitrogen and oxygen atoms in total. The second-order valence-electron chi connectivity index (χ2n) is 6.86. The summed E-state index contributed by atoms with van der Waals surface area (Å²) < 4.78 is 5.04. The van der Waals surface area contributed by atoms with Crippen molar-refractivity contribution in [2.24, 2.45) is 0 Å². The van der Waals surface area contributed by atoms with Gasteiger partial charge in [-0.15, -0.1) is 0 Å². The standard InChI is InChI=1S/C21H26N4O3/c1-3-28-21(27)25-11-9-17(10-12-25)23-19-8-7-18(14-22-19)24-20(26)16-6-4-5-15(2)13-16/h4-8,13-14,17H,3,9-12H2,1-2H3,(H,22,23)(H,24,26). The summed E-state index contributed by atoms with van der Waals surface area (Å²) >= 11 is 0. The minimum absolute atomic E-state index is 0.155. The van der Waals surface area contributed by atoms with Crippen LogP contribution in [-0.2, 0) is 4.74 Å². The fourth-order valence-electron chi connectivity index (χ4n) is 3.17. The number of ether oxygens (including phenoxy) is 1. The maximum Gasteiger partial charge on any atom is 0.409 e. The number of nitrogens with one attached hydrogen (secondary N) is 2. The van der Waals surface area contributed by atoms with E-state index in [0.29, 0.717) is 30.9 Å². The second kappa shape index (κ2) is 9.21. The maximum atomic E-state index is 12.3. The van der Waals surface area contributed by atoms with Crippen molar-refractivity contribution in [1.82, 2.24) is 9.88 Å². The quantitative estimate of drug-likeness (QED) is 0.824. The molecule has 0 saturated carbocycles. The van der Waals surface area contributed by atoms with Crippen LogP contribution in [0.15, 0.2) is 42.6 Å². The van der Waals surface area contributed by atoms with Crippen LogP contribution in [0.3, 0.4) is 0 Å². The van der Waals surface area contributed by atoms with Crippen molar-refractivity contribution < 1.29 is 14.3 Å². The number of amides is 2. The monoisotopic (exact) mass is 382 g/mol. The minimum Gasteiger partial charge on any atom is -0.450 e. The molecule has 0 atom stereocenters. The fraction of sp³-hybridized carbons (Fsp3) is 0.381. The molecule has 1 aromatic heterocycles. The first-order valence-corrected chi connectivity index (χ1v) is 9.57. The van der Waals surface area contributed by atoms with E-state index in [1.807, 2.05) is 44.2 Å². The van der Waals surface area contributed by atoms with Gasteiger partial charge in [0.15, 0.2) is 0 Å². The Morgan fingerprint density at radius 3 is 2.64 bits per heavy atom. The number of likely N-dealkylation sites (tertiary alicyclic amines) is 1. The highest BCUT2D eigenvalue weighted by Crippen LogP contribution is 2.18. The summed E-state index contributed by atoms with van der Waals surface area (Å²) in [5, 5.41) is 6.25. The number of anilines is 2. The molecule has 1 aromatic carbocycles. The predicted molar refractivity (Wildman–Crippen MR) is 109 cm³/mol. The Bertz CT molecular complexity index is 815. The van der Waals surface area contributed by atoms with Crippen LogP contribution in [0.4, 0.5) is 16.3 Å². The molecule has 0 radical (unpaired) electrons. The van der Waals surface area contributed by atoms with Gasteiger partial charge in [0, 0.05) is 24.7 Å². The molecule has 0 unspecified atom stereocenters. The summed E-state index contributed by atoms with van der Waals surface area (Å²) in [5.74, 6) is 0.598. The Balaban J connectivity index is 1.50. The molecule has 0 spiro atoms. The van der Waals surface area contributed by atoms with Gasteiger partial charge in [-0.1, -0.05) is 17.7 Å². The number of benzene rings is 1. The van der Waals surface area contributed by atoms with Crippen LogP contribution in [0.1, 0.15) is 35.7 Å². The molecule has 1 aliphatic rings. The zero-order chi connectivity index (χ0) is 19.9. The number of pyridine rings is 1. The lowest BCUT2D eigenvalue weighted by molar-refractivity contribution is 0.0981. The van der Waals surface area contributed by atoms with E-state index in [2.05, 4.69) is 15.6 Å². The Hall–Kier alpha value is -3.09. The van der Waals surface area contributed by atoms with E-state index < -0.39 is 0 Å². The van der Waals surface area contributed by atoms with Gasteiger partial charge in [-0.05, 0) is 51.0 Å². The predicted octanol–water partition coefficient (Wildman–Crippen LogP) is 3.68. The first kappa shape index (κ1) is 19.7. The van der Waals surface area contributed by atoms with E-state index in [1.165, 1.54) is 0 Å². The number of aryl methyl sites for hydroxylation is 1. The lowest BCUT2D eigenvalue weighted by Crippen LogP contribution is -2.42. The molecule has 1 saturated heterocycles. The molecule has 3 rings (SSSR count). The highest BCUT2D eigenvalue weighted by molar-refractivity contribution is 6.04. The first-order valence-electron chi connectivity index (χ1n) is 9.57. The molecule has 1 aliphatic heterocycles. The summed E-state index contributed by atoms with van der Waals surface area (Å²) in [4.78, 5) is 30.2. The average Bonchev–Trinajstić information content (AvgIpc) is 2.70. The molecule has 7 heteroatoms. The molecule has 2 N–H and O–H groups in total. The maximum absolute atomic E-state index is 12.3. The largest absolute Gasteiger partial charge is 0.450 e. The van der Waals surface area contributed by atoms with E-state index in [9.17, 15) is 9.59 Å². The number of carbonyl (C=O) groups is 2. The molecule has 1 fully saturated rings. The van der Waals surface area contributed by atoms with E-state index in [1.54, 1.807) is 17.2 Å². The van der Waals surface area contributed by atoms with E-state index in [4.69, 9.17) is 4.74 Å². The van der Waals surface area contributed by atoms with Crippen LogP contribution >= 0.6 is 0 Å². The molecule has 2 heterocycles. The van der Waals surface area contributed by atoms with E-state index in [0.717, 1.165) is 24.2 Å². The summed E-state index contributed by atoms with van der Waals surface area (Å²) in [6, 6.07) is 11.4. The molecule has 148 valence electrons. The molecule has 28 heavy (non-hydrogen) atoms. The third-order valence-corrected chi connectivity index (χ3v) is 4.67. The molecule has 2 amide bonds. The average molecular weight is 382 g/mol. The number of hydrogen-bond donors (Lipinski definition) is 2. The highest BCUT2D eigenvalue weighted by atomic mass is 16.6. The van der Waals surface area contributed by atoms with Crippen LogP contribution < -0.4 is 10.6 Å². The topological polar surface area (TPSA) is 83.6 Å². The second-order valence-corrected chi connectivity index (χ2v) is 6.86. The van der Waals surface area contributed by atoms with Gasteiger partial charge in [0.05, 0.1) is 18.5 Å². The van der Waals surface area contributed by atoms with Crippen molar-refractivity contribution in [3.05, 3.63) is 53.7 Å². The SMILES string of the molecule is CCOC(=O)N1CCC(Nc2ccc(NC(=O)c3cccc(C)c3)cn2)CC1. The van der Waals surface area contributed by atoms with Crippen molar-refractivity contribution in [3.8, 4) is 0 Å². The lowest BCUT2D eigenvalue weighted by atomic mass is 10.1. The third kappa shape index (κ3) is 5.22. The zero-order valence-corrected chi connectivity index (χ0v) is 16.3. The summed E-state index contributed by atoms with van der Waals surface area (Å²) in [5.41, 5.74) is 2.31. The van der Waals surface area contributed by atoms with Gasteiger partial charge in [-0.3, -0.25) is 4.79 Å². The Morgan fingerprint density at radius 1 is 1.21 bits per heavy atom. The summed E-state index contributed by atoms with van der Waals surface area (Å²) in [6.07, 6.45) is 3.08. The normalized spacial score (nSPS) is 14.4. The van der Waals surface area contributed by atoms with Gasteiger partial charge >= 0.3 is 6.09 Å². The van der Waals surface area contributed by atoms with Gasteiger partial charge in [0.2, 0.25) is 0 Å². The molecule has 0 aliphatic carbocycles. The van der Waals surface area contributed by atoms with Crippen LogP contribution in [-0.4, -0.2) is 47.6 Å². The molecule has 2 aromatic rings. The fourth-order valence-corrected chi connectivity index (χ4v) is 3.17. The van der Waals surface area contributed by atoms with Crippen molar-refractivity contribution in [2.45, 2.75) is 32.7 Å². The van der Waals surface area contributed by atoms with Crippen LogP contribution in [0.25, 0.3) is 0 Å². The van der Waals surface area contributed by atoms with Gasteiger partial charge in [0.1, 0.15) is 5.82 Å². The molecular formula is C21H26N4O3. The van der Waals surface area contributed by atoms with Crippen LogP contribution in [0.2, 0.25) is 0 Å². The Labute approximate surface area is 165 Å². The minimum atomic E-state index is -0.243. The van der Waals surface area contributed by atoms with Gasteiger partial charge < -0.3 is 20.3 Å². The van der Waals surface area contributed by atoms with Crippen molar-refractivity contribution in [3.63, 3.8) is 0 Å². The number of nitrogens with zero attached hydrogens (tertiary/aromatic N) is 2. The summed E-state index contributed by atoms with van der Waals surface area (Å²) in [6.45, 7) is 5.50. The number of aromatic nitrogens is 1. The van der Waals surface area contributed by atoms with Crippen molar-refractivity contribution in [1.29, 1.82) is 0 Å².